The van der Waals surface area contributed by atoms with Crippen LogP contribution in [0.5, 0.6) is 5.75 Å². The number of carboxylic acid groups (broad SMARTS) is 1. The van der Waals surface area contributed by atoms with Crippen LogP contribution in [0.4, 0.5) is 0 Å². The van der Waals surface area contributed by atoms with Gasteiger partial charge in [0, 0.05) is 13.2 Å². The maximum absolute atomic E-state index is 11.2. The van der Waals surface area contributed by atoms with Gasteiger partial charge in [-0.1, -0.05) is 12.1 Å². The zero-order valence-corrected chi connectivity index (χ0v) is 13.1. The minimum Gasteiger partial charge on any atom is -0.488 e. The minimum atomic E-state index is -0.919. The van der Waals surface area contributed by atoms with E-state index in [-0.39, 0.29) is 0 Å². The summed E-state index contributed by atoms with van der Waals surface area (Å²) in [6.07, 6.45) is -0.393. The Hall–Kier alpha value is -1.59. The highest BCUT2D eigenvalue weighted by Crippen LogP contribution is 2.25. The molecule has 0 aromatic heterocycles. The first kappa shape index (κ1) is 17.5. The van der Waals surface area contributed by atoms with Crippen molar-refractivity contribution < 1.29 is 24.1 Å². The van der Waals surface area contributed by atoms with E-state index in [4.69, 9.17) is 14.2 Å². The first-order chi connectivity index (χ1) is 9.91. The Labute approximate surface area is 125 Å². The van der Waals surface area contributed by atoms with Gasteiger partial charge >= 0.3 is 5.97 Å². The van der Waals surface area contributed by atoms with Gasteiger partial charge in [0.15, 0.2) is 6.29 Å². The first-order valence-electron chi connectivity index (χ1n) is 7.11. The van der Waals surface area contributed by atoms with Crippen molar-refractivity contribution >= 4 is 5.97 Å². The van der Waals surface area contributed by atoms with E-state index in [1.807, 2.05) is 13.8 Å². The van der Waals surface area contributed by atoms with E-state index in [0.29, 0.717) is 25.6 Å². The van der Waals surface area contributed by atoms with E-state index < -0.39 is 17.7 Å². The van der Waals surface area contributed by atoms with Crippen LogP contribution in [0.15, 0.2) is 24.3 Å². The second-order valence-electron chi connectivity index (χ2n) is 5.11. The summed E-state index contributed by atoms with van der Waals surface area (Å²) in [4.78, 5) is 11.2. The summed E-state index contributed by atoms with van der Waals surface area (Å²) in [5, 5.41) is 9.19. The van der Waals surface area contributed by atoms with Crippen LogP contribution in [0.1, 0.15) is 33.3 Å². The molecule has 0 bridgehead atoms. The molecule has 1 rings (SSSR count). The molecule has 0 unspecified atom stereocenters. The second-order valence-corrected chi connectivity index (χ2v) is 5.11. The quantitative estimate of drug-likeness (QED) is 0.710. The monoisotopic (exact) mass is 296 g/mol. The fourth-order valence-electron chi connectivity index (χ4n) is 1.77. The highest BCUT2D eigenvalue weighted by Gasteiger charge is 2.29. The van der Waals surface area contributed by atoms with E-state index in [0.717, 1.165) is 5.56 Å². The summed E-state index contributed by atoms with van der Waals surface area (Å²) in [6, 6.07) is 7.05. The van der Waals surface area contributed by atoms with Gasteiger partial charge in [-0.3, -0.25) is 4.79 Å². The van der Waals surface area contributed by atoms with Crippen LogP contribution in [-0.4, -0.2) is 37.2 Å². The van der Waals surface area contributed by atoms with Crippen LogP contribution in [-0.2, 0) is 19.7 Å². The average molecular weight is 296 g/mol. The Morgan fingerprint density at radius 2 is 1.67 bits per heavy atom. The molecule has 1 aromatic rings. The molecule has 0 radical (unpaired) electrons. The van der Waals surface area contributed by atoms with Gasteiger partial charge in [0.05, 0.1) is 5.41 Å². The first-order valence-corrected chi connectivity index (χ1v) is 7.11. The van der Waals surface area contributed by atoms with Gasteiger partial charge in [-0.25, -0.2) is 0 Å². The Balaban J connectivity index is 2.64. The van der Waals surface area contributed by atoms with Crippen molar-refractivity contribution in [2.45, 2.75) is 39.4 Å². The summed E-state index contributed by atoms with van der Waals surface area (Å²) in [5.74, 6) is -0.201. The number of hydrogen-bond acceptors (Lipinski definition) is 4. The number of carbonyl (C=O) groups is 1. The average Bonchev–Trinajstić information content (AvgIpc) is 2.45. The predicted molar refractivity (Wildman–Crippen MR) is 79.6 cm³/mol. The van der Waals surface area contributed by atoms with Gasteiger partial charge in [0.25, 0.3) is 0 Å². The van der Waals surface area contributed by atoms with Gasteiger partial charge in [0.1, 0.15) is 12.4 Å². The molecule has 0 aliphatic heterocycles. The molecule has 0 aliphatic carbocycles. The number of hydrogen-bond donors (Lipinski definition) is 1. The van der Waals surface area contributed by atoms with E-state index in [1.54, 1.807) is 38.1 Å². The van der Waals surface area contributed by atoms with Crippen LogP contribution in [0.2, 0.25) is 0 Å². The molecule has 1 N–H and O–H groups in total. The van der Waals surface area contributed by atoms with Crippen molar-refractivity contribution in [2.75, 3.05) is 19.8 Å². The molecule has 0 fully saturated rings. The van der Waals surface area contributed by atoms with Gasteiger partial charge in [-0.2, -0.15) is 0 Å². The second kappa shape index (κ2) is 8.00. The Morgan fingerprint density at radius 3 is 2.10 bits per heavy atom. The van der Waals surface area contributed by atoms with E-state index in [9.17, 15) is 9.90 Å². The Kier molecular flexibility index (Phi) is 6.65. The molecular weight excluding hydrogens is 272 g/mol. The number of carboxylic acids is 1. The Bertz CT molecular complexity index is 432. The lowest BCUT2D eigenvalue weighted by Gasteiger charge is -2.20. The molecule has 118 valence electrons. The molecule has 0 aliphatic rings. The molecule has 0 saturated heterocycles. The van der Waals surface area contributed by atoms with Crippen LogP contribution < -0.4 is 4.74 Å². The summed E-state index contributed by atoms with van der Waals surface area (Å²) in [5.41, 5.74) is -0.189. The maximum atomic E-state index is 11.2. The summed E-state index contributed by atoms with van der Waals surface area (Å²) >= 11 is 0. The molecular formula is C16H24O5. The fourth-order valence-corrected chi connectivity index (χ4v) is 1.77. The van der Waals surface area contributed by atoms with E-state index >= 15 is 0 Å². The fraction of sp³-hybridized carbons (Fsp3) is 0.562. The summed E-state index contributed by atoms with van der Waals surface area (Å²) < 4.78 is 16.4. The predicted octanol–water partition coefficient (Wildman–Crippen LogP) is 2.83. The molecule has 0 saturated carbocycles. The molecule has 0 atom stereocenters. The van der Waals surface area contributed by atoms with E-state index in [2.05, 4.69) is 0 Å². The highest BCUT2D eigenvalue weighted by atomic mass is 16.7. The number of aliphatic carboxylic acids is 1. The summed E-state index contributed by atoms with van der Waals surface area (Å²) in [7, 11) is 0. The third-order valence-electron chi connectivity index (χ3n) is 3.20. The van der Waals surface area contributed by atoms with Gasteiger partial charge in [-0.05, 0) is 45.4 Å². The van der Waals surface area contributed by atoms with Crippen LogP contribution in [0, 0.1) is 0 Å². The van der Waals surface area contributed by atoms with Crippen LogP contribution in [0.3, 0.4) is 0 Å². The van der Waals surface area contributed by atoms with Crippen molar-refractivity contribution in [1.82, 2.24) is 0 Å². The zero-order chi connectivity index (χ0) is 15.9. The normalized spacial score (nSPS) is 11.7. The molecule has 5 heteroatoms. The van der Waals surface area contributed by atoms with Gasteiger partial charge < -0.3 is 19.3 Å². The lowest BCUT2D eigenvalue weighted by atomic mass is 9.85. The van der Waals surface area contributed by atoms with Gasteiger partial charge in [-0.15, -0.1) is 0 Å². The standard InChI is InChI=1S/C16H24O5/c1-5-19-14(20-6-2)11-21-13-9-7-12(8-10-13)16(3,4)15(17)18/h7-10,14H,5-6,11H2,1-4H3,(H,17,18). The SMILES string of the molecule is CCOC(COc1ccc(C(C)(C)C(=O)O)cc1)OCC. The topological polar surface area (TPSA) is 65.0 Å². The van der Waals surface area contributed by atoms with Crippen LogP contribution >= 0.6 is 0 Å². The lowest BCUT2D eigenvalue weighted by Crippen LogP contribution is -2.28. The van der Waals surface area contributed by atoms with Crippen molar-refractivity contribution in [3.05, 3.63) is 29.8 Å². The Morgan fingerprint density at radius 1 is 1.14 bits per heavy atom. The molecule has 5 nitrogen and oxygen atoms in total. The zero-order valence-electron chi connectivity index (χ0n) is 13.1. The number of ether oxygens (including phenoxy) is 3. The van der Waals surface area contributed by atoms with Crippen molar-refractivity contribution in [1.29, 1.82) is 0 Å². The maximum Gasteiger partial charge on any atom is 0.313 e. The highest BCUT2D eigenvalue weighted by molar-refractivity contribution is 5.80. The molecule has 0 spiro atoms. The molecule has 1 aromatic carbocycles. The van der Waals surface area contributed by atoms with Crippen molar-refractivity contribution in [2.24, 2.45) is 0 Å². The third-order valence-corrected chi connectivity index (χ3v) is 3.20. The number of rotatable bonds is 9. The lowest BCUT2D eigenvalue weighted by molar-refractivity contribution is -0.152. The van der Waals surface area contributed by atoms with Crippen molar-refractivity contribution in [3.63, 3.8) is 0 Å². The molecule has 0 heterocycles. The van der Waals surface area contributed by atoms with E-state index in [1.165, 1.54) is 0 Å². The molecule has 0 amide bonds. The summed E-state index contributed by atoms with van der Waals surface area (Å²) in [6.45, 7) is 8.54. The van der Waals surface area contributed by atoms with Gasteiger partial charge in [0.2, 0.25) is 0 Å². The third kappa shape index (κ3) is 5.02. The smallest absolute Gasteiger partial charge is 0.313 e. The van der Waals surface area contributed by atoms with Crippen molar-refractivity contribution in [3.8, 4) is 5.75 Å². The molecule has 21 heavy (non-hydrogen) atoms. The largest absolute Gasteiger partial charge is 0.488 e. The number of benzene rings is 1. The minimum absolute atomic E-state index is 0.295. The van der Waals surface area contributed by atoms with Crippen LogP contribution in [0.25, 0.3) is 0 Å².